The summed E-state index contributed by atoms with van der Waals surface area (Å²) >= 11 is 0. The third kappa shape index (κ3) is 16.2. The van der Waals surface area contributed by atoms with Gasteiger partial charge < -0.3 is 29.9 Å². The van der Waals surface area contributed by atoms with Crippen molar-refractivity contribution in [2.24, 2.45) is 0 Å². The minimum atomic E-state index is -0.604. The Morgan fingerprint density at radius 1 is 0.738 bits per heavy atom. The van der Waals surface area contributed by atoms with Gasteiger partial charge in [-0.15, -0.1) is 0 Å². The molecule has 2 aliphatic heterocycles. The number of carbonyl (C=O) groups is 1. The Morgan fingerprint density at radius 3 is 1.88 bits per heavy atom. The molecule has 0 saturated carbocycles. The first-order valence-electron chi connectivity index (χ1n) is 17.6. The molecule has 2 heterocycles. The second kappa shape index (κ2) is 22.5. The molecule has 0 unspecified atom stereocenters. The van der Waals surface area contributed by atoms with Crippen LogP contribution in [-0.4, -0.2) is 69.1 Å². The minimum absolute atomic E-state index is 0.0131. The molecule has 0 aliphatic carbocycles. The van der Waals surface area contributed by atoms with Gasteiger partial charge in [0.05, 0.1) is 36.6 Å². The number of unbranched alkanes of at least 4 members (excludes halogenated alkanes) is 12. The zero-order chi connectivity index (χ0) is 30.6. The lowest BCUT2D eigenvalue weighted by Crippen LogP contribution is -2.26. The largest absolute Gasteiger partial charge is 0.455 e. The molecule has 0 aromatic carbocycles. The molecule has 246 valence electrons. The average Bonchev–Trinajstić information content (AvgIpc) is 3.56. The zero-order valence-electron chi connectivity index (χ0n) is 26.9. The van der Waals surface area contributed by atoms with Gasteiger partial charge in [-0.3, -0.25) is 0 Å². The van der Waals surface area contributed by atoms with Crippen molar-refractivity contribution in [1.82, 2.24) is 0 Å². The molecule has 0 aromatic rings. The quantitative estimate of drug-likeness (QED) is 0.0624. The number of aliphatic hydroxyl groups excluding tert-OH is 4. The molecule has 42 heavy (non-hydrogen) atoms. The minimum Gasteiger partial charge on any atom is -0.455 e. The molecule has 4 N–H and O–H groups in total. The first-order chi connectivity index (χ1) is 20.3. The van der Waals surface area contributed by atoms with Gasteiger partial charge in [0.15, 0.2) is 0 Å². The Labute approximate surface area is 256 Å². The van der Waals surface area contributed by atoms with Crippen LogP contribution in [0.15, 0.2) is 11.6 Å². The van der Waals surface area contributed by atoms with E-state index >= 15 is 0 Å². The van der Waals surface area contributed by atoms with Crippen LogP contribution < -0.4 is 0 Å². The van der Waals surface area contributed by atoms with Crippen LogP contribution in [0.3, 0.4) is 0 Å². The number of carbonyl (C=O) groups excluding carboxylic acids is 1. The first kappa shape index (κ1) is 37.2. The molecule has 0 amide bonds. The van der Waals surface area contributed by atoms with E-state index in [-0.39, 0.29) is 24.3 Å². The summed E-state index contributed by atoms with van der Waals surface area (Å²) in [5.74, 6) is -0.277. The third-order valence-electron chi connectivity index (χ3n) is 9.13. The molecule has 7 heteroatoms. The Balaban J connectivity index is 1.36. The van der Waals surface area contributed by atoms with Gasteiger partial charge in [0, 0.05) is 12.0 Å². The summed E-state index contributed by atoms with van der Waals surface area (Å²) in [5.41, 5.74) is 0.621. The zero-order valence-corrected chi connectivity index (χ0v) is 26.9. The summed E-state index contributed by atoms with van der Waals surface area (Å²) in [6.45, 7) is 3.98. The lowest BCUT2D eigenvalue weighted by atomic mass is 9.99. The molecule has 2 rings (SSSR count). The number of ether oxygens (including phenoxy) is 2. The molecule has 1 saturated heterocycles. The summed E-state index contributed by atoms with van der Waals surface area (Å²) in [6, 6.07) is 0. The predicted octanol–water partition coefficient (Wildman–Crippen LogP) is 7.06. The normalized spacial score (nSPS) is 23.5. The molecule has 0 radical (unpaired) electrons. The summed E-state index contributed by atoms with van der Waals surface area (Å²) in [5, 5.41) is 40.9. The maximum absolute atomic E-state index is 11.6. The van der Waals surface area contributed by atoms with Crippen molar-refractivity contribution in [3.63, 3.8) is 0 Å². The summed E-state index contributed by atoms with van der Waals surface area (Å²) in [7, 11) is 0. The molecule has 7 atom stereocenters. The van der Waals surface area contributed by atoms with E-state index in [4.69, 9.17) is 9.47 Å². The fourth-order valence-corrected chi connectivity index (χ4v) is 6.41. The molecule has 0 bridgehead atoms. The second-order valence-electron chi connectivity index (χ2n) is 13.1. The van der Waals surface area contributed by atoms with Crippen LogP contribution in [0, 0.1) is 0 Å². The highest BCUT2D eigenvalue weighted by Crippen LogP contribution is 2.28. The van der Waals surface area contributed by atoms with Gasteiger partial charge in [0.25, 0.3) is 0 Å². The van der Waals surface area contributed by atoms with Crippen LogP contribution in [-0.2, 0) is 14.3 Å². The van der Waals surface area contributed by atoms with E-state index < -0.39 is 18.3 Å². The summed E-state index contributed by atoms with van der Waals surface area (Å²) < 4.78 is 11.3. The van der Waals surface area contributed by atoms with E-state index in [1.165, 1.54) is 38.5 Å². The van der Waals surface area contributed by atoms with Crippen LogP contribution in [0.4, 0.5) is 0 Å². The molecule has 2 aliphatic rings. The average molecular weight is 597 g/mol. The number of aliphatic hydroxyl groups is 4. The highest BCUT2D eigenvalue weighted by atomic mass is 16.5. The van der Waals surface area contributed by atoms with E-state index in [1.807, 2.05) is 13.0 Å². The number of cyclic esters (lactones) is 1. The van der Waals surface area contributed by atoms with Crippen molar-refractivity contribution in [2.75, 3.05) is 0 Å². The van der Waals surface area contributed by atoms with E-state index in [1.54, 1.807) is 0 Å². The van der Waals surface area contributed by atoms with Gasteiger partial charge in [-0.2, -0.15) is 0 Å². The topological polar surface area (TPSA) is 116 Å². The first-order valence-corrected chi connectivity index (χ1v) is 17.6. The van der Waals surface area contributed by atoms with Crippen LogP contribution in [0.5, 0.6) is 0 Å². The summed E-state index contributed by atoms with van der Waals surface area (Å²) in [4.78, 5) is 11.6. The maximum Gasteiger partial charge on any atom is 0.334 e. The van der Waals surface area contributed by atoms with Crippen LogP contribution >= 0.6 is 0 Å². The monoisotopic (exact) mass is 596 g/mol. The molecule has 1 fully saturated rings. The maximum atomic E-state index is 11.6. The van der Waals surface area contributed by atoms with Crippen molar-refractivity contribution in [1.29, 1.82) is 0 Å². The van der Waals surface area contributed by atoms with E-state index in [0.29, 0.717) is 30.9 Å². The highest BCUT2D eigenvalue weighted by Gasteiger charge is 2.30. The van der Waals surface area contributed by atoms with Gasteiger partial charge >= 0.3 is 5.97 Å². The second-order valence-corrected chi connectivity index (χ2v) is 13.1. The lowest BCUT2D eigenvalue weighted by Gasteiger charge is -2.20. The Morgan fingerprint density at radius 2 is 1.29 bits per heavy atom. The fourth-order valence-electron chi connectivity index (χ4n) is 6.41. The van der Waals surface area contributed by atoms with Gasteiger partial charge in [-0.05, 0) is 57.9 Å². The molecule has 0 spiro atoms. The van der Waals surface area contributed by atoms with Gasteiger partial charge in [0.1, 0.15) is 6.10 Å². The van der Waals surface area contributed by atoms with Crippen LogP contribution in [0.25, 0.3) is 0 Å². The van der Waals surface area contributed by atoms with Gasteiger partial charge in [-0.25, -0.2) is 4.79 Å². The van der Waals surface area contributed by atoms with E-state index in [9.17, 15) is 25.2 Å². The lowest BCUT2D eigenvalue weighted by molar-refractivity contribution is -0.139. The van der Waals surface area contributed by atoms with Crippen molar-refractivity contribution < 1.29 is 34.7 Å². The van der Waals surface area contributed by atoms with Gasteiger partial charge in [0.2, 0.25) is 0 Å². The fraction of sp³-hybridized carbons (Fsp3) is 0.914. The van der Waals surface area contributed by atoms with E-state index in [0.717, 1.165) is 89.9 Å². The number of hydrogen-bond acceptors (Lipinski definition) is 7. The predicted molar refractivity (Wildman–Crippen MR) is 168 cm³/mol. The highest BCUT2D eigenvalue weighted by molar-refractivity contribution is 5.90. The van der Waals surface area contributed by atoms with Crippen LogP contribution in [0.1, 0.15) is 162 Å². The van der Waals surface area contributed by atoms with Crippen molar-refractivity contribution >= 4 is 5.97 Å². The standard InChI is InChI=1S/C35H64O7/c1-3-4-13-20-31(37)32(38)21-16-11-12-17-22-33(39)34-24-23-30(42-34)19-15-10-8-6-5-7-9-14-18-29(36)26-28-25-27(2)41-35(28)40/h25,27,29-34,36-39H,3-24,26H2,1-2H3/t27-,29+,30-,31+,32+,33-,34-/m0/s1. The molecule has 7 nitrogen and oxygen atoms in total. The Kier molecular flexibility index (Phi) is 19.9. The van der Waals surface area contributed by atoms with E-state index in [2.05, 4.69) is 6.92 Å². The number of esters is 1. The SMILES string of the molecule is CCCCC[C@@H](O)[C@H](O)CCCCCC[C@H](O)[C@@H]1CC[C@H](CCCCCCCCCC[C@@H](O)CC2=C[C@H](C)OC2=O)O1. The Bertz CT molecular complexity index is 726. The third-order valence-corrected chi connectivity index (χ3v) is 9.13. The van der Waals surface area contributed by atoms with Crippen molar-refractivity contribution in [3.05, 3.63) is 11.6 Å². The summed E-state index contributed by atoms with van der Waals surface area (Å²) in [6.07, 6.45) is 23.0. The molecular formula is C35H64O7. The number of rotatable bonds is 26. The number of hydrogen-bond donors (Lipinski definition) is 4. The van der Waals surface area contributed by atoms with Crippen LogP contribution in [0.2, 0.25) is 0 Å². The van der Waals surface area contributed by atoms with Crippen molar-refractivity contribution in [2.45, 2.75) is 204 Å². The van der Waals surface area contributed by atoms with Gasteiger partial charge in [-0.1, -0.05) is 103 Å². The smallest absolute Gasteiger partial charge is 0.334 e. The molecule has 0 aromatic heterocycles. The molecular weight excluding hydrogens is 532 g/mol. The van der Waals surface area contributed by atoms with Crippen molar-refractivity contribution in [3.8, 4) is 0 Å². The Hall–Kier alpha value is -0.990.